The molecule has 1 aromatic heterocycles. The molecule has 4 aromatic rings. The maximum Gasteiger partial charge on any atom is 0.301 e. The number of amides is 1. The molecule has 3 aromatic carbocycles. The predicted molar refractivity (Wildman–Crippen MR) is 160 cm³/mol. The number of hydrogen-bond acceptors (Lipinski definition) is 8. The van der Waals surface area contributed by atoms with Crippen LogP contribution in [0.3, 0.4) is 0 Å². The number of aryl methyl sites for hydroxylation is 1. The third kappa shape index (κ3) is 5.50. The topological polar surface area (TPSA) is 98.2 Å². The van der Waals surface area contributed by atoms with Crippen LogP contribution >= 0.6 is 11.3 Å². The quantitative estimate of drug-likeness (QED) is 0.127. The first-order valence-electron chi connectivity index (χ1n) is 13.7. The lowest BCUT2D eigenvalue weighted by Crippen LogP contribution is -2.29. The summed E-state index contributed by atoms with van der Waals surface area (Å²) in [5, 5.41) is 11.9. The Morgan fingerprint density at radius 1 is 0.927 bits per heavy atom. The second-order valence-corrected chi connectivity index (χ2v) is 10.6. The van der Waals surface area contributed by atoms with Crippen molar-refractivity contribution in [2.75, 3.05) is 24.7 Å². The van der Waals surface area contributed by atoms with Gasteiger partial charge in [0, 0.05) is 5.56 Å². The van der Waals surface area contributed by atoms with Gasteiger partial charge >= 0.3 is 5.91 Å². The van der Waals surface area contributed by atoms with Gasteiger partial charge in [-0.2, -0.15) is 0 Å². The molecule has 0 aliphatic carbocycles. The fraction of sp³-hybridized carbons (Fsp3) is 0.281. The average molecular weight is 573 g/mol. The average Bonchev–Trinajstić information content (AvgIpc) is 3.50. The highest BCUT2D eigenvalue weighted by Gasteiger charge is 2.48. The highest BCUT2D eigenvalue weighted by atomic mass is 32.1. The molecule has 5 rings (SSSR count). The molecule has 1 aliphatic heterocycles. The lowest BCUT2D eigenvalue weighted by molar-refractivity contribution is -0.132. The van der Waals surface area contributed by atoms with Crippen molar-refractivity contribution in [3.63, 3.8) is 0 Å². The summed E-state index contributed by atoms with van der Waals surface area (Å²) in [6, 6.07) is 17.0. The maximum atomic E-state index is 13.7. The number of carbonyl (C=O) groups is 2. The van der Waals surface area contributed by atoms with Crippen molar-refractivity contribution in [2.45, 2.75) is 40.2 Å². The number of rotatable bonds is 10. The van der Waals surface area contributed by atoms with Crippen LogP contribution in [0.1, 0.15) is 49.9 Å². The molecule has 1 N–H and O–H groups in total. The highest BCUT2D eigenvalue weighted by Crippen LogP contribution is 2.46. The monoisotopic (exact) mass is 572 g/mol. The van der Waals surface area contributed by atoms with Crippen molar-refractivity contribution in [3.8, 4) is 17.2 Å². The van der Waals surface area contributed by atoms with Crippen molar-refractivity contribution in [2.24, 2.45) is 0 Å². The predicted octanol–water partition coefficient (Wildman–Crippen LogP) is 6.82. The Bertz CT molecular complexity index is 1630. The van der Waals surface area contributed by atoms with Gasteiger partial charge in [0.25, 0.3) is 5.78 Å². The summed E-state index contributed by atoms with van der Waals surface area (Å²) in [6.07, 6.45) is 0.863. The van der Waals surface area contributed by atoms with Gasteiger partial charge < -0.3 is 19.3 Å². The van der Waals surface area contributed by atoms with Crippen molar-refractivity contribution in [1.82, 2.24) is 4.98 Å². The molecule has 0 saturated carbocycles. The Kier molecular flexibility index (Phi) is 8.26. The number of hydrogen-bond donors (Lipinski definition) is 1. The van der Waals surface area contributed by atoms with Gasteiger partial charge in [0.05, 0.1) is 41.7 Å². The zero-order valence-electron chi connectivity index (χ0n) is 23.5. The van der Waals surface area contributed by atoms with Crippen molar-refractivity contribution in [3.05, 3.63) is 82.9 Å². The summed E-state index contributed by atoms with van der Waals surface area (Å²) in [4.78, 5) is 33.4. The van der Waals surface area contributed by atoms with Crippen molar-refractivity contribution in [1.29, 1.82) is 0 Å². The number of anilines is 1. The molecule has 1 amide bonds. The van der Waals surface area contributed by atoms with Crippen LogP contribution in [0.2, 0.25) is 0 Å². The van der Waals surface area contributed by atoms with E-state index in [9.17, 15) is 14.7 Å². The highest BCUT2D eigenvalue weighted by molar-refractivity contribution is 7.22. The number of Topliss-reactive ketones (excluding diaryl/α,β-unsaturated/α-hetero) is 1. The zero-order chi connectivity index (χ0) is 29.1. The van der Waals surface area contributed by atoms with E-state index >= 15 is 0 Å². The lowest BCUT2D eigenvalue weighted by atomic mass is 9.95. The Labute approximate surface area is 242 Å². The van der Waals surface area contributed by atoms with E-state index in [0.29, 0.717) is 53.3 Å². The van der Waals surface area contributed by atoms with Gasteiger partial charge in [0.15, 0.2) is 16.6 Å². The van der Waals surface area contributed by atoms with Gasteiger partial charge in [-0.15, -0.1) is 0 Å². The fourth-order valence-corrected chi connectivity index (χ4v) is 5.88. The minimum Gasteiger partial charge on any atom is -0.507 e. The molecule has 1 atom stereocenters. The molecule has 212 valence electrons. The number of fused-ring (bicyclic) bond motifs is 1. The summed E-state index contributed by atoms with van der Waals surface area (Å²) < 4.78 is 18.1. The molecule has 2 heterocycles. The van der Waals surface area contributed by atoms with E-state index in [-0.39, 0.29) is 11.3 Å². The molecular weight excluding hydrogens is 540 g/mol. The van der Waals surface area contributed by atoms with E-state index in [0.717, 1.165) is 22.2 Å². The molecule has 0 bridgehead atoms. The molecule has 0 spiro atoms. The van der Waals surface area contributed by atoms with Crippen molar-refractivity contribution < 1.29 is 28.9 Å². The summed E-state index contributed by atoms with van der Waals surface area (Å²) >= 11 is 1.32. The maximum absolute atomic E-state index is 13.7. The third-order valence-corrected chi connectivity index (χ3v) is 7.68. The number of aromatic nitrogens is 1. The van der Waals surface area contributed by atoms with Crippen LogP contribution in [0.4, 0.5) is 5.13 Å². The third-order valence-electron chi connectivity index (χ3n) is 6.67. The van der Waals surface area contributed by atoms with Crippen LogP contribution < -0.4 is 19.1 Å². The molecule has 9 heteroatoms. The summed E-state index contributed by atoms with van der Waals surface area (Å²) in [5.41, 5.74) is 2.73. The Morgan fingerprint density at radius 2 is 1.66 bits per heavy atom. The summed E-state index contributed by atoms with van der Waals surface area (Å²) in [5.74, 6) is -0.147. The number of ether oxygens (including phenoxy) is 3. The number of ketones is 1. The van der Waals surface area contributed by atoms with Gasteiger partial charge in [-0.1, -0.05) is 30.4 Å². The molecule has 1 saturated heterocycles. The van der Waals surface area contributed by atoms with Crippen LogP contribution in [0.5, 0.6) is 17.2 Å². The molecule has 8 nitrogen and oxygen atoms in total. The fourth-order valence-electron chi connectivity index (χ4n) is 4.79. The number of thiazole rings is 1. The summed E-state index contributed by atoms with van der Waals surface area (Å²) in [7, 11) is 0. The van der Waals surface area contributed by atoms with Crippen LogP contribution in [0.25, 0.3) is 16.0 Å². The Balaban J connectivity index is 1.68. The second kappa shape index (κ2) is 12.0. The SMILES string of the molecule is CCCOc1ccc(/C(O)=C2\C(=O)C(=O)N(c3nc4ccc(C)cc4s3)C2c2ccc(OCC)c(OCC)c2)cc1. The number of aliphatic hydroxyl groups is 1. The van der Waals surface area contributed by atoms with E-state index in [2.05, 4.69) is 0 Å². The normalized spacial score (nSPS) is 16.4. The number of carbonyl (C=O) groups excluding carboxylic acids is 2. The van der Waals surface area contributed by atoms with Crippen LogP contribution in [0.15, 0.2) is 66.2 Å². The summed E-state index contributed by atoms with van der Waals surface area (Å²) in [6.45, 7) is 9.16. The van der Waals surface area contributed by atoms with Gasteiger partial charge in [-0.05, 0) is 86.8 Å². The minimum absolute atomic E-state index is 0.0285. The molecule has 0 radical (unpaired) electrons. The van der Waals surface area contributed by atoms with E-state index in [1.165, 1.54) is 16.2 Å². The largest absolute Gasteiger partial charge is 0.507 e. The Morgan fingerprint density at radius 3 is 2.37 bits per heavy atom. The number of aliphatic hydroxyl groups excluding tert-OH is 1. The molecule has 1 aliphatic rings. The van der Waals surface area contributed by atoms with Crippen LogP contribution in [0, 0.1) is 6.92 Å². The molecule has 41 heavy (non-hydrogen) atoms. The van der Waals surface area contributed by atoms with Gasteiger partial charge in [0.2, 0.25) is 0 Å². The zero-order valence-corrected chi connectivity index (χ0v) is 24.3. The van der Waals surface area contributed by atoms with Crippen LogP contribution in [-0.2, 0) is 9.59 Å². The smallest absolute Gasteiger partial charge is 0.301 e. The van der Waals surface area contributed by atoms with E-state index in [1.54, 1.807) is 42.5 Å². The van der Waals surface area contributed by atoms with E-state index in [4.69, 9.17) is 19.2 Å². The van der Waals surface area contributed by atoms with Crippen molar-refractivity contribution >= 4 is 44.1 Å². The van der Waals surface area contributed by atoms with Gasteiger partial charge in [-0.25, -0.2) is 4.98 Å². The van der Waals surface area contributed by atoms with E-state index < -0.39 is 17.7 Å². The molecule has 1 unspecified atom stereocenters. The first-order chi connectivity index (χ1) is 19.9. The Hall–Kier alpha value is -4.37. The minimum atomic E-state index is -0.942. The molecule has 1 fully saturated rings. The van der Waals surface area contributed by atoms with Crippen LogP contribution in [-0.4, -0.2) is 41.6 Å². The first-order valence-corrected chi connectivity index (χ1v) is 14.5. The lowest BCUT2D eigenvalue weighted by Gasteiger charge is -2.24. The standard InChI is InChI=1S/C32H32N2O6S/c1-5-16-40-22-12-9-20(10-13-22)29(35)27-28(21-11-15-24(38-6-2)25(18-21)39-7-3)34(31(37)30(27)36)32-33-23-14-8-19(4)17-26(23)41-32/h8-15,17-18,28,35H,5-7,16H2,1-4H3/b29-27+. The second-order valence-electron chi connectivity index (χ2n) is 9.58. The molecular formula is C32H32N2O6S. The van der Waals surface area contributed by atoms with Gasteiger partial charge in [-0.3, -0.25) is 14.5 Å². The van der Waals surface area contributed by atoms with Gasteiger partial charge in [0.1, 0.15) is 11.5 Å². The van der Waals surface area contributed by atoms with E-state index in [1.807, 2.05) is 45.9 Å². The first kappa shape index (κ1) is 28.2. The number of benzene rings is 3. The number of nitrogens with zero attached hydrogens (tertiary/aromatic N) is 2.